The van der Waals surface area contributed by atoms with Gasteiger partial charge in [-0.1, -0.05) is 28.1 Å². The Kier molecular flexibility index (Phi) is 2.67. The SMILES string of the molecule is [2H]C([2H])(CCCBr)N1C(=O)c2ccccc2C1=O. The van der Waals surface area contributed by atoms with Crippen molar-refractivity contribution in [3.63, 3.8) is 0 Å². The predicted molar refractivity (Wildman–Crippen MR) is 64.8 cm³/mol. The highest BCUT2D eigenvalue weighted by molar-refractivity contribution is 9.09. The Bertz CT molecular complexity index is 470. The smallest absolute Gasteiger partial charge is 0.261 e. The maximum Gasteiger partial charge on any atom is 0.261 e. The van der Waals surface area contributed by atoms with Crippen LogP contribution in [-0.2, 0) is 0 Å². The average Bonchev–Trinajstić information content (AvgIpc) is 2.61. The molecular weight excluding hydrogens is 270 g/mol. The Morgan fingerprint density at radius 1 is 1.12 bits per heavy atom. The van der Waals surface area contributed by atoms with Crippen molar-refractivity contribution in [1.29, 1.82) is 0 Å². The molecule has 0 radical (unpaired) electrons. The molecule has 0 unspecified atom stereocenters. The van der Waals surface area contributed by atoms with Gasteiger partial charge in [-0.05, 0) is 25.0 Å². The zero-order chi connectivity index (χ0) is 13.3. The van der Waals surface area contributed by atoms with Crippen LogP contribution in [0.15, 0.2) is 24.3 Å². The molecule has 0 fully saturated rings. The fourth-order valence-electron chi connectivity index (χ4n) is 1.59. The van der Waals surface area contributed by atoms with Crippen molar-refractivity contribution in [3.8, 4) is 0 Å². The zero-order valence-electron chi connectivity index (χ0n) is 10.6. The monoisotopic (exact) mass is 283 g/mol. The molecule has 0 atom stereocenters. The Morgan fingerprint density at radius 2 is 1.69 bits per heavy atom. The molecule has 0 aliphatic carbocycles. The zero-order valence-corrected chi connectivity index (χ0v) is 10.2. The molecule has 1 aliphatic heterocycles. The maximum absolute atomic E-state index is 12.1. The van der Waals surface area contributed by atoms with Crippen LogP contribution in [0.4, 0.5) is 0 Å². The van der Waals surface area contributed by atoms with E-state index < -0.39 is 18.3 Å². The van der Waals surface area contributed by atoms with Gasteiger partial charge in [-0.25, -0.2) is 0 Å². The summed E-state index contributed by atoms with van der Waals surface area (Å²) in [6, 6.07) is 6.44. The molecule has 1 aromatic carbocycles. The molecule has 2 rings (SSSR count). The second-order valence-corrected chi connectivity index (χ2v) is 4.23. The highest BCUT2D eigenvalue weighted by Gasteiger charge is 2.34. The van der Waals surface area contributed by atoms with Gasteiger partial charge in [-0.3, -0.25) is 14.5 Å². The van der Waals surface area contributed by atoms with Crippen LogP contribution in [0.1, 0.15) is 36.3 Å². The van der Waals surface area contributed by atoms with E-state index in [0.29, 0.717) is 11.8 Å². The van der Waals surface area contributed by atoms with Crippen molar-refractivity contribution in [2.45, 2.75) is 12.8 Å². The van der Waals surface area contributed by atoms with Crippen molar-refractivity contribution in [3.05, 3.63) is 35.4 Å². The number of fused-ring (bicyclic) bond motifs is 1. The highest BCUT2D eigenvalue weighted by Crippen LogP contribution is 2.22. The second-order valence-electron chi connectivity index (χ2n) is 3.44. The normalized spacial score (nSPS) is 17.2. The van der Waals surface area contributed by atoms with E-state index in [1.165, 1.54) is 0 Å². The van der Waals surface area contributed by atoms with Crippen LogP contribution in [0.3, 0.4) is 0 Å². The first-order valence-electron chi connectivity index (χ1n) is 6.03. The van der Waals surface area contributed by atoms with Crippen molar-refractivity contribution in [2.75, 3.05) is 11.8 Å². The number of nitrogens with zero attached hydrogens (tertiary/aromatic N) is 1. The minimum Gasteiger partial charge on any atom is -0.274 e. The summed E-state index contributed by atoms with van der Waals surface area (Å²) in [5.74, 6) is -1.09. The van der Waals surface area contributed by atoms with Crippen molar-refractivity contribution in [2.24, 2.45) is 0 Å². The third-order valence-corrected chi connectivity index (χ3v) is 2.94. The van der Waals surface area contributed by atoms with Crippen molar-refractivity contribution >= 4 is 27.7 Å². The topological polar surface area (TPSA) is 37.4 Å². The number of halogens is 1. The Balaban J connectivity index is 2.33. The minimum absolute atomic E-state index is 0.129. The molecule has 3 nitrogen and oxygen atoms in total. The molecule has 0 saturated carbocycles. The van der Waals surface area contributed by atoms with Gasteiger partial charge in [0, 0.05) is 14.6 Å². The molecule has 0 spiro atoms. The lowest BCUT2D eigenvalue weighted by atomic mass is 10.1. The lowest BCUT2D eigenvalue weighted by molar-refractivity contribution is 0.0652. The molecule has 84 valence electrons. The maximum atomic E-state index is 12.1. The summed E-state index contributed by atoms with van der Waals surface area (Å²) >= 11 is 3.21. The van der Waals surface area contributed by atoms with Crippen LogP contribution >= 0.6 is 15.9 Å². The van der Waals surface area contributed by atoms with Gasteiger partial charge in [0.1, 0.15) is 0 Å². The van der Waals surface area contributed by atoms with Crippen LogP contribution < -0.4 is 0 Å². The second kappa shape index (κ2) is 4.78. The molecule has 0 bridgehead atoms. The van der Waals surface area contributed by atoms with Crippen molar-refractivity contribution < 1.29 is 12.3 Å². The minimum atomic E-state index is -1.94. The number of hydrogen-bond donors (Lipinski definition) is 0. The van der Waals surface area contributed by atoms with E-state index in [1.807, 2.05) is 0 Å². The fourth-order valence-corrected chi connectivity index (χ4v) is 1.87. The van der Waals surface area contributed by atoms with Gasteiger partial charge >= 0.3 is 0 Å². The van der Waals surface area contributed by atoms with Crippen LogP contribution in [0, 0.1) is 0 Å². The molecular formula is C12H12BrNO2. The van der Waals surface area contributed by atoms with Gasteiger partial charge in [-0.2, -0.15) is 0 Å². The molecule has 2 amide bonds. The summed E-state index contributed by atoms with van der Waals surface area (Å²) in [4.78, 5) is 24.9. The van der Waals surface area contributed by atoms with Crippen LogP contribution in [-0.4, -0.2) is 28.5 Å². The predicted octanol–water partition coefficient (Wildman–Crippen LogP) is 2.46. The first kappa shape index (κ1) is 8.93. The lowest BCUT2D eigenvalue weighted by Gasteiger charge is -2.12. The molecule has 0 N–H and O–H groups in total. The Labute approximate surface area is 105 Å². The van der Waals surface area contributed by atoms with E-state index >= 15 is 0 Å². The summed E-state index contributed by atoms with van der Waals surface area (Å²) in [5.41, 5.74) is 0.565. The first-order chi connectivity index (χ1) is 8.49. The molecule has 16 heavy (non-hydrogen) atoms. The number of imide groups is 1. The Morgan fingerprint density at radius 3 is 2.19 bits per heavy atom. The van der Waals surface area contributed by atoms with Crippen LogP contribution in [0.5, 0.6) is 0 Å². The van der Waals surface area contributed by atoms with Gasteiger partial charge in [0.25, 0.3) is 11.8 Å². The highest BCUT2D eigenvalue weighted by atomic mass is 79.9. The van der Waals surface area contributed by atoms with Gasteiger partial charge in [0.05, 0.1) is 11.1 Å². The summed E-state index contributed by atoms with van der Waals surface area (Å²) in [6.45, 7) is -1.94. The van der Waals surface area contributed by atoms with E-state index in [-0.39, 0.29) is 17.5 Å². The number of benzene rings is 1. The third-order valence-electron chi connectivity index (χ3n) is 2.37. The molecule has 1 aliphatic rings. The molecule has 1 heterocycles. The number of carbonyl (C=O) groups excluding carboxylic acids is 2. The van der Waals surface area contributed by atoms with E-state index in [9.17, 15) is 9.59 Å². The van der Waals surface area contributed by atoms with E-state index in [2.05, 4.69) is 15.9 Å². The average molecular weight is 284 g/mol. The molecule has 4 heteroatoms. The quantitative estimate of drug-likeness (QED) is 0.629. The van der Waals surface area contributed by atoms with E-state index in [4.69, 9.17) is 2.74 Å². The summed E-state index contributed by atoms with van der Waals surface area (Å²) in [5, 5.41) is 0.635. The number of amides is 2. The standard InChI is InChI=1S/C12H12BrNO2/c13-7-3-4-8-14-11(15)9-5-1-2-6-10(9)12(14)16/h1-2,5-6H,3-4,7-8H2/i8D2. The number of hydrogen-bond acceptors (Lipinski definition) is 2. The first-order valence-corrected chi connectivity index (χ1v) is 6.15. The van der Waals surface area contributed by atoms with Crippen LogP contribution in [0.25, 0.3) is 0 Å². The molecule has 1 aromatic rings. The molecule has 0 saturated heterocycles. The van der Waals surface area contributed by atoms with Gasteiger partial charge in [0.2, 0.25) is 0 Å². The molecule has 0 aromatic heterocycles. The lowest BCUT2D eigenvalue weighted by Crippen LogP contribution is -2.30. The Hall–Kier alpha value is -1.16. The fraction of sp³-hybridized carbons (Fsp3) is 0.333. The largest absolute Gasteiger partial charge is 0.274 e. The summed E-state index contributed by atoms with van der Waals surface area (Å²) in [7, 11) is 0. The number of rotatable bonds is 4. The van der Waals surface area contributed by atoms with E-state index in [1.54, 1.807) is 24.3 Å². The van der Waals surface area contributed by atoms with Gasteiger partial charge in [-0.15, -0.1) is 0 Å². The van der Waals surface area contributed by atoms with Crippen LogP contribution in [0.2, 0.25) is 0 Å². The summed E-state index contributed by atoms with van der Waals surface area (Å²) < 4.78 is 15.8. The van der Waals surface area contributed by atoms with Gasteiger partial charge < -0.3 is 0 Å². The van der Waals surface area contributed by atoms with Crippen molar-refractivity contribution in [1.82, 2.24) is 4.90 Å². The summed E-state index contributed by atoms with van der Waals surface area (Å²) in [6.07, 6.45) is 0.685. The van der Waals surface area contributed by atoms with Gasteiger partial charge in [0.15, 0.2) is 0 Å². The number of alkyl halides is 1. The number of carbonyl (C=O) groups is 2. The van der Waals surface area contributed by atoms with E-state index in [0.717, 1.165) is 4.90 Å². The third kappa shape index (κ3) is 1.89.